The van der Waals surface area contributed by atoms with E-state index in [-0.39, 0.29) is 12.5 Å². The number of rotatable bonds is 7. The second kappa shape index (κ2) is 7.33. The maximum Gasteiger partial charge on any atom is 0.257 e. The number of H-pyrrole nitrogens is 1. The highest BCUT2D eigenvalue weighted by Gasteiger charge is 2.04. The van der Waals surface area contributed by atoms with Crippen molar-refractivity contribution < 1.29 is 9.53 Å². The zero-order valence-electron chi connectivity index (χ0n) is 12.1. The van der Waals surface area contributed by atoms with E-state index in [4.69, 9.17) is 10.5 Å². The van der Waals surface area contributed by atoms with Gasteiger partial charge in [0.1, 0.15) is 5.75 Å². The number of nitrogens with two attached hydrogens (primary N) is 1. The summed E-state index contributed by atoms with van der Waals surface area (Å²) >= 11 is 0. The summed E-state index contributed by atoms with van der Waals surface area (Å²) < 4.78 is 5.36. The highest BCUT2D eigenvalue weighted by atomic mass is 16.5. The molecular weight excluding hydrogens is 268 g/mol. The first kappa shape index (κ1) is 14.9. The zero-order chi connectivity index (χ0) is 15.1. The first-order valence-electron chi connectivity index (χ1n) is 6.89. The lowest BCUT2D eigenvalue weighted by molar-refractivity contribution is -0.123. The van der Waals surface area contributed by atoms with Gasteiger partial charge in [0.05, 0.1) is 6.20 Å². The Balaban J connectivity index is 1.63. The van der Waals surface area contributed by atoms with Crippen molar-refractivity contribution in [1.29, 1.82) is 0 Å². The van der Waals surface area contributed by atoms with Gasteiger partial charge in [0.25, 0.3) is 5.91 Å². The van der Waals surface area contributed by atoms with Crippen LogP contribution in [0, 0.1) is 6.92 Å². The molecule has 0 saturated heterocycles. The van der Waals surface area contributed by atoms with Crippen LogP contribution in [0.15, 0.2) is 30.5 Å². The molecular formula is C15H20N4O2. The summed E-state index contributed by atoms with van der Waals surface area (Å²) in [6.45, 7) is 2.60. The molecule has 1 aromatic heterocycles. The number of nitrogens with zero attached hydrogens (tertiary/aromatic N) is 1. The van der Waals surface area contributed by atoms with E-state index in [9.17, 15) is 4.79 Å². The summed E-state index contributed by atoms with van der Waals surface area (Å²) in [5.41, 5.74) is 8.50. The Bertz CT molecular complexity index is 595. The minimum atomic E-state index is -0.138. The van der Waals surface area contributed by atoms with Crippen molar-refractivity contribution in [2.75, 3.05) is 18.9 Å². The molecule has 1 heterocycles. The van der Waals surface area contributed by atoms with Gasteiger partial charge in [0.15, 0.2) is 6.61 Å². The molecule has 6 heteroatoms. The Morgan fingerprint density at radius 1 is 1.48 bits per heavy atom. The number of amides is 1. The van der Waals surface area contributed by atoms with Gasteiger partial charge in [-0.1, -0.05) is 6.07 Å². The van der Waals surface area contributed by atoms with Crippen LogP contribution in [0.3, 0.4) is 0 Å². The van der Waals surface area contributed by atoms with Crippen LogP contribution in [-0.4, -0.2) is 29.3 Å². The molecule has 2 aromatic rings. The summed E-state index contributed by atoms with van der Waals surface area (Å²) in [6.07, 6.45) is 3.57. The molecule has 0 aliphatic heterocycles. The topological polar surface area (TPSA) is 93.0 Å². The number of benzene rings is 1. The van der Waals surface area contributed by atoms with Gasteiger partial charge in [0, 0.05) is 24.0 Å². The van der Waals surface area contributed by atoms with Crippen molar-refractivity contribution in [2.45, 2.75) is 19.8 Å². The van der Waals surface area contributed by atoms with Crippen LogP contribution in [0.2, 0.25) is 0 Å². The van der Waals surface area contributed by atoms with Gasteiger partial charge in [0.2, 0.25) is 0 Å². The molecule has 0 aliphatic rings. The maximum atomic E-state index is 11.6. The summed E-state index contributed by atoms with van der Waals surface area (Å²) in [5.74, 6) is 0.459. The largest absolute Gasteiger partial charge is 0.484 e. The van der Waals surface area contributed by atoms with Crippen LogP contribution in [0.25, 0.3) is 0 Å². The van der Waals surface area contributed by atoms with E-state index in [1.165, 1.54) is 5.56 Å². The first-order valence-corrected chi connectivity index (χ1v) is 6.89. The SMILES string of the molecule is Cc1[nH]ncc1CCCNC(=O)COc1cccc(N)c1. The highest BCUT2D eigenvalue weighted by Crippen LogP contribution is 2.14. The van der Waals surface area contributed by atoms with E-state index in [2.05, 4.69) is 15.5 Å². The summed E-state index contributed by atoms with van der Waals surface area (Å²) in [6, 6.07) is 7.01. The van der Waals surface area contributed by atoms with Gasteiger partial charge in [-0.25, -0.2) is 0 Å². The van der Waals surface area contributed by atoms with Crippen LogP contribution in [-0.2, 0) is 11.2 Å². The highest BCUT2D eigenvalue weighted by molar-refractivity contribution is 5.77. The fourth-order valence-corrected chi connectivity index (χ4v) is 1.94. The molecule has 1 aromatic carbocycles. The number of nitrogens with one attached hydrogen (secondary N) is 2. The minimum absolute atomic E-state index is 0.00576. The van der Waals surface area contributed by atoms with Gasteiger partial charge in [-0.15, -0.1) is 0 Å². The Kier molecular flexibility index (Phi) is 5.20. The Labute approximate surface area is 123 Å². The molecule has 112 valence electrons. The van der Waals surface area contributed by atoms with E-state index < -0.39 is 0 Å². The van der Waals surface area contributed by atoms with E-state index in [1.54, 1.807) is 24.3 Å². The van der Waals surface area contributed by atoms with Gasteiger partial charge in [-0.05, 0) is 37.5 Å². The van der Waals surface area contributed by atoms with Crippen LogP contribution >= 0.6 is 0 Å². The van der Waals surface area contributed by atoms with Crippen LogP contribution in [0.5, 0.6) is 5.75 Å². The summed E-state index contributed by atoms with van der Waals surface area (Å²) in [5, 5.41) is 9.68. The quantitative estimate of drug-likeness (QED) is 0.531. The molecule has 0 saturated carbocycles. The second-order valence-electron chi connectivity index (χ2n) is 4.83. The fourth-order valence-electron chi connectivity index (χ4n) is 1.94. The number of ether oxygens (including phenoxy) is 1. The van der Waals surface area contributed by atoms with E-state index in [0.717, 1.165) is 18.5 Å². The number of aromatic amines is 1. The zero-order valence-corrected chi connectivity index (χ0v) is 12.1. The number of hydrogen-bond acceptors (Lipinski definition) is 4. The van der Waals surface area contributed by atoms with E-state index in [0.29, 0.717) is 18.0 Å². The second-order valence-corrected chi connectivity index (χ2v) is 4.83. The smallest absolute Gasteiger partial charge is 0.257 e. The lowest BCUT2D eigenvalue weighted by Crippen LogP contribution is -2.29. The molecule has 0 fully saturated rings. The molecule has 0 atom stereocenters. The van der Waals surface area contributed by atoms with Gasteiger partial charge < -0.3 is 15.8 Å². The minimum Gasteiger partial charge on any atom is -0.484 e. The average molecular weight is 288 g/mol. The molecule has 0 aliphatic carbocycles. The van der Waals surface area contributed by atoms with E-state index in [1.807, 2.05) is 13.1 Å². The number of carbonyl (C=O) groups is 1. The summed E-state index contributed by atoms with van der Waals surface area (Å²) in [7, 11) is 0. The van der Waals surface area contributed by atoms with Crippen LogP contribution < -0.4 is 15.8 Å². The third-order valence-corrected chi connectivity index (χ3v) is 3.11. The van der Waals surface area contributed by atoms with Crippen molar-refractivity contribution in [3.05, 3.63) is 41.7 Å². The Morgan fingerprint density at radius 3 is 3.05 bits per heavy atom. The monoisotopic (exact) mass is 288 g/mol. The van der Waals surface area contributed by atoms with Crippen molar-refractivity contribution in [3.63, 3.8) is 0 Å². The fraction of sp³-hybridized carbons (Fsp3) is 0.333. The molecule has 1 amide bonds. The number of carbonyl (C=O) groups excluding carboxylic acids is 1. The van der Waals surface area contributed by atoms with E-state index >= 15 is 0 Å². The van der Waals surface area contributed by atoms with Crippen LogP contribution in [0.1, 0.15) is 17.7 Å². The molecule has 6 nitrogen and oxygen atoms in total. The Morgan fingerprint density at radius 2 is 2.33 bits per heavy atom. The molecule has 4 N–H and O–H groups in total. The molecule has 0 spiro atoms. The normalized spacial score (nSPS) is 10.3. The average Bonchev–Trinajstić information content (AvgIpc) is 2.87. The van der Waals surface area contributed by atoms with Crippen LogP contribution in [0.4, 0.5) is 5.69 Å². The lowest BCUT2D eigenvalue weighted by Gasteiger charge is -2.07. The number of nitrogen functional groups attached to an aromatic ring is 1. The van der Waals surface area contributed by atoms with Gasteiger partial charge >= 0.3 is 0 Å². The van der Waals surface area contributed by atoms with Crippen molar-refractivity contribution in [1.82, 2.24) is 15.5 Å². The van der Waals surface area contributed by atoms with Crippen molar-refractivity contribution in [2.24, 2.45) is 0 Å². The number of hydrogen-bond donors (Lipinski definition) is 3. The summed E-state index contributed by atoms with van der Waals surface area (Å²) in [4.78, 5) is 11.6. The Hall–Kier alpha value is -2.50. The number of aryl methyl sites for hydroxylation is 2. The van der Waals surface area contributed by atoms with Gasteiger partial charge in [-0.2, -0.15) is 5.10 Å². The first-order chi connectivity index (χ1) is 10.1. The maximum absolute atomic E-state index is 11.6. The molecule has 0 unspecified atom stereocenters. The molecule has 0 bridgehead atoms. The predicted molar refractivity (Wildman–Crippen MR) is 81.0 cm³/mol. The lowest BCUT2D eigenvalue weighted by atomic mass is 10.1. The van der Waals surface area contributed by atoms with Gasteiger partial charge in [-0.3, -0.25) is 9.89 Å². The molecule has 2 rings (SSSR count). The van der Waals surface area contributed by atoms with Crippen molar-refractivity contribution in [3.8, 4) is 5.75 Å². The number of aromatic nitrogens is 2. The predicted octanol–water partition coefficient (Wildman–Crippen LogP) is 1.43. The third-order valence-electron chi connectivity index (χ3n) is 3.11. The number of anilines is 1. The molecule has 0 radical (unpaired) electrons. The third kappa shape index (κ3) is 4.83. The standard InChI is InChI=1S/C15H20N4O2/c1-11-12(9-18-19-11)4-3-7-17-15(20)10-21-14-6-2-5-13(16)8-14/h2,5-6,8-9H,3-4,7,10,16H2,1H3,(H,17,20)(H,18,19). The van der Waals surface area contributed by atoms with Crippen molar-refractivity contribution >= 4 is 11.6 Å². The molecule has 21 heavy (non-hydrogen) atoms.